The molecule has 1 unspecified atom stereocenters. The average Bonchev–Trinajstić information content (AvgIpc) is 1.99. The van der Waals surface area contributed by atoms with Gasteiger partial charge in [-0.05, 0) is 6.20 Å². The first-order valence-corrected chi connectivity index (χ1v) is 3.35. The van der Waals surface area contributed by atoms with Crippen molar-refractivity contribution < 1.29 is 24.6 Å². The molecule has 3 N–H and O–H groups in total. The Kier molecular flexibility index (Phi) is 4.21. The summed E-state index contributed by atoms with van der Waals surface area (Å²) in [6.07, 6.45) is 0.259. The second-order valence-electron chi connectivity index (χ2n) is 2.20. The number of amides is 1. The monoisotopic (exact) mass is 187 g/mol. The molecule has 0 aliphatic heterocycles. The summed E-state index contributed by atoms with van der Waals surface area (Å²) in [6, 6.07) is 0. The van der Waals surface area contributed by atoms with Crippen LogP contribution in [0.1, 0.15) is 6.42 Å². The standard InChI is InChI=1S/C7H9NO5/c1-2-8-6(11)4(7(12)13)3-5(9)10/h2,4H,1,3H2,(H,8,11)(H,9,10)(H,12,13). The van der Waals surface area contributed by atoms with E-state index in [1.165, 1.54) is 0 Å². The van der Waals surface area contributed by atoms with Gasteiger partial charge in [-0.15, -0.1) is 0 Å². The quantitative estimate of drug-likeness (QED) is 0.499. The van der Waals surface area contributed by atoms with Crippen molar-refractivity contribution in [3.63, 3.8) is 0 Å². The number of aliphatic carboxylic acids is 2. The maximum atomic E-state index is 10.9. The van der Waals surface area contributed by atoms with E-state index < -0.39 is 30.2 Å². The molecule has 0 bridgehead atoms. The Morgan fingerprint density at radius 1 is 1.38 bits per heavy atom. The molecule has 0 fully saturated rings. The lowest BCUT2D eigenvalue weighted by atomic mass is 10.1. The molecule has 1 amide bonds. The molecule has 0 rings (SSSR count). The summed E-state index contributed by atoms with van der Waals surface area (Å²) in [4.78, 5) is 31.4. The Balaban J connectivity index is 4.41. The van der Waals surface area contributed by atoms with Crippen LogP contribution in [-0.2, 0) is 14.4 Å². The van der Waals surface area contributed by atoms with Crippen molar-refractivity contribution in [2.75, 3.05) is 0 Å². The van der Waals surface area contributed by atoms with Crippen LogP contribution in [0.3, 0.4) is 0 Å². The topological polar surface area (TPSA) is 104 Å². The number of hydrogen-bond acceptors (Lipinski definition) is 3. The summed E-state index contributed by atoms with van der Waals surface area (Å²) in [6.45, 7) is 3.15. The van der Waals surface area contributed by atoms with Crippen molar-refractivity contribution in [3.8, 4) is 0 Å². The number of carbonyl (C=O) groups excluding carboxylic acids is 1. The van der Waals surface area contributed by atoms with Crippen LogP contribution < -0.4 is 5.32 Å². The number of carbonyl (C=O) groups is 3. The van der Waals surface area contributed by atoms with Gasteiger partial charge in [-0.1, -0.05) is 6.58 Å². The van der Waals surface area contributed by atoms with Gasteiger partial charge < -0.3 is 15.5 Å². The number of nitrogens with one attached hydrogen (secondary N) is 1. The SMILES string of the molecule is C=CNC(=O)C(CC(=O)O)C(=O)O. The van der Waals surface area contributed by atoms with Gasteiger partial charge in [-0.25, -0.2) is 0 Å². The fourth-order valence-electron chi connectivity index (χ4n) is 0.668. The first-order chi connectivity index (χ1) is 5.99. The third-order valence-electron chi connectivity index (χ3n) is 1.24. The minimum atomic E-state index is -1.57. The third-order valence-corrected chi connectivity index (χ3v) is 1.24. The molecule has 0 saturated heterocycles. The Hall–Kier alpha value is -1.85. The van der Waals surface area contributed by atoms with Crippen LogP contribution in [0.4, 0.5) is 0 Å². The molecule has 0 aliphatic rings. The zero-order valence-corrected chi connectivity index (χ0v) is 6.69. The van der Waals surface area contributed by atoms with E-state index in [1.807, 2.05) is 5.32 Å². The van der Waals surface area contributed by atoms with E-state index in [1.54, 1.807) is 0 Å². The van der Waals surface area contributed by atoms with Crippen LogP contribution in [0.25, 0.3) is 0 Å². The molecule has 0 aromatic carbocycles. The molecule has 0 spiro atoms. The lowest BCUT2D eigenvalue weighted by molar-refractivity contribution is -0.152. The molecule has 0 saturated carbocycles. The molecular formula is C7H9NO5. The van der Waals surface area contributed by atoms with E-state index in [9.17, 15) is 14.4 Å². The van der Waals surface area contributed by atoms with E-state index in [0.717, 1.165) is 6.20 Å². The van der Waals surface area contributed by atoms with E-state index in [-0.39, 0.29) is 0 Å². The summed E-state index contributed by atoms with van der Waals surface area (Å²) in [5.41, 5.74) is 0. The predicted molar refractivity (Wildman–Crippen MR) is 41.7 cm³/mol. The second kappa shape index (κ2) is 4.91. The first-order valence-electron chi connectivity index (χ1n) is 3.35. The van der Waals surface area contributed by atoms with E-state index in [0.29, 0.717) is 0 Å². The highest BCUT2D eigenvalue weighted by molar-refractivity contribution is 5.99. The summed E-state index contributed by atoms with van der Waals surface area (Å²) < 4.78 is 0. The van der Waals surface area contributed by atoms with Gasteiger partial charge in [0.1, 0.15) is 5.92 Å². The third kappa shape index (κ3) is 3.90. The number of carboxylic acids is 2. The van der Waals surface area contributed by atoms with Crippen molar-refractivity contribution >= 4 is 17.8 Å². The van der Waals surface area contributed by atoms with Crippen LogP contribution >= 0.6 is 0 Å². The summed E-state index contributed by atoms with van der Waals surface area (Å²) in [5, 5.41) is 18.8. The fraction of sp³-hybridized carbons (Fsp3) is 0.286. The van der Waals surface area contributed by atoms with Crippen LogP contribution in [0.2, 0.25) is 0 Å². The lowest BCUT2D eigenvalue weighted by Gasteiger charge is -2.07. The molecule has 6 nitrogen and oxygen atoms in total. The highest BCUT2D eigenvalue weighted by Gasteiger charge is 2.28. The molecule has 13 heavy (non-hydrogen) atoms. The zero-order chi connectivity index (χ0) is 10.4. The van der Waals surface area contributed by atoms with E-state index in [4.69, 9.17) is 10.2 Å². The molecule has 72 valence electrons. The van der Waals surface area contributed by atoms with Gasteiger partial charge in [0.15, 0.2) is 0 Å². The Bertz CT molecular complexity index is 247. The van der Waals surface area contributed by atoms with Gasteiger partial charge in [-0.2, -0.15) is 0 Å². The zero-order valence-electron chi connectivity index (χ0n) is 6.69. The molecule has 0 aromatic rings. The highest BCUT2D eigenvalue weighted by Crippen LogP contribution is 2.03. The molecule has 0 aromatic heterocycles. The van der Waals surface area contributed by atoms with Gasteiger partial charge in [-0.3, -0.25) is 14.4 Å². The average molecular weight is 187 g/mol. The van der Waals surface area contributed by atoms with E-state index >= 15 is 0 Å². The Morgan fingerprint density at radius 2 is 1.92 bits per heavy atom. The highest BCUT2D eigenvalue weighted by atomic mass is 16.4. The maximum Gasteiger partial charge on any atom is 0.316 e. The largest absolute Gasteiger partial charge is 0.481 e. The lowest BCUT2D eigenvalue weighted by Crippen LogP contribution is -2.33. The predicted octanol–water partition coefficient (Wildman–Crippen LogP) is -0.578. The molecular weight excluding hydrogens is 178 g/mol. The first kappa shape index (κ1) is 11.2. The van der Waals surface area contributed by atoms with Gasteiger partial charge in [0, 0.05) is 0 Å². The molecule has 1 atom stereocenters. The van der Waals surface area contributed by atoms with Gasteiger partial charge >= 0.3 is 11.9 Å². The normalized spacial score (nSPS) is 11.4. The molecule has 6 heteroatoms. The van der Waals surface area contributed by atoms with Crippen LogP contribution in [0.5, 0.6) is 0 Å². The Labute approximate surface area is 73.9 Å². The van der Waals surface area contributed by atoms with Crippen molar-refractivity contribution in [3.05, 3.63) is 12.8 Å². The van der Waals surface area contributed by atoms with Gasteiger partial charge in [0.25, 0.3) is 0 Å². The summed E-state index contributed by atoms with van der Waals surface area (Å²) in [7, 11) is 0. The van der Waals surface area contributed by atoms with E-state index in [2.05, 4.69) is 6.58 Å². The van der Waals surface area contributed by atoms with Crippen molar-refractivity contribution in [1.82, 2.24) is 5.32 Å². The molecule has 0 heterocycles. The minimum Gasteiger partial charge on any atom is -0.481 e. The Morgan fingerprint density at radius 3 is 2.23 bits per heavy atom. The minimum absolute atomic E-state index is 0.741. The van der Waals surface area contributed by atoms with Gasteiger partial charge in [0.05, 0.1) is 6.42 Å². The number of carboxylic acid groups (broad SMARTS) is 2. The van der Waals surface area contributed by atoms with Gasteiger partial charge in [0.2, 0.25) is 5.91 Å². The smallest absolute Gasteiger partial charge is 0.316 e. The maximum absolute atomic E-state index is 10.9. The van der Waals surface area contributed by atoms with Crippen molar-refractivity contribution in [1.29, 1.82) is 0 Å². The van der Waals surface area contributed by atoms with Crippen LogP contribution in [0, 0.1) is 5.92 Å². The number of rotatable bonds is 5. The van der Waals surface area contributed by atoms with Crippen LogP contribution in [0.15, 0.2) is 12.8 Å². The van der Waals surface area contributed by atoms with Crippen molar-refractivity contribution in [2.24, 2.45) is 5.92 Å². The summed E-state index contributed by atoms with van der Waals surface area (Å²) in [5.74, 6) is -5.27. The molecule has 0 aliphatic carbocycles. The number of hydrogen-bond donors (Lipinski definition) is 3. The molecule has 0 radical (unpaired) electrons. The second-order valence-corrected chi connectivity index (χ2v) is 2.20. The fourth-order valence-corrected chi connectivity index (χ4v) is 0.668. The van der Waals surface area contributed by atoms with Crippen molar-refractivity contribution in [2.45, 2.75) is 6.42 Å². The van der Waals surface area contributed by atoms with Crippen LogP contribution in [-0.4, -0.2) is 28.1 Å². The summed E-state index contributed by atoms with van der Waals surface area (Å²) >= 11 is 0.